The van der Waals surface area contributed by atoms with Gasteiger partial charge in [-0.25, -0.2) is 0 Å². The van der Waals surface area contributed by atoms with E-state index in [0.717, 1.165) is 13.0 Å². The topological polar surface area (TPSA) is 20.3 Å². The van der Waals surface area contributed by atoms with Crippen molar-refractivity contribution in [1.29, 1.82) is 0 Å². The number of fused-ring (bicyclic) bond motifs is 1. The van der Waals surface area contributed by atoms with Gasteiger partial charge in [0.1, 0.15) is 0 Å². The molecular formula is C10H10ClNO. The van der Waals surface area contributed by atoms with Crippen LogP contribution >= 0.6 is 11.6 Å². The van der Waals surface area contributed by atoms with Gasteiger partial charge in [-0.2, -0.15) is 0 Å². The van der Waals surface area contributed by atoms with Crippen LogP contribution in [0, 0.1) is 0 Å². The molecule has 0 saturated heterocycles. The average Bonchev–Trinajstić information content (AvgIpc) is 2.47. The van der Waals surface area contributed by atoms with Crippen LogP contribution in [0.15, 0.2) is 18.2 Å². The Morgan fingerprint density at radius 2 is 2.31 bits per heavy atom. The first-order valence-corrected chi connectivity index (χ1v) is 4.60. The average molecular weight is 196 g/mol. The maximum Gasteiger partial charge on any atom is 0.252 e. The number of anilines is 1. The van der Waals surface area contributed by atoms with Crippen molar-refractivity contribution >= 4 is 22.5 Å². The van der Waals surface area contributed by atoms with E-state index < -0.39 is 0 Å². The summed E-state index contributed by atoms with van der Waals surface area (Å²) in [4.78, 5) is 13.1. The third-order valence-electron chi connectivity index (χ3n) is 2.43. The molecule has 1 heterocycles. The van der Waals surface area contributed by atoms with Crippen LogP contribution in [-0.4, -0.2) is 18.8 Å². The summed E-state index contributed by atoms with van der Waals surface area (Å²) >= 11 is 5.39. The molecule has 13 heavy (non-hydrogen) atoms. The normalized spacial score (nSPS) is 14.5. The van der Waals surface area contributed by atoms with Gasteiger partial charge in [-0.3, -0.25) is 4.79 Å². The predicted octanol–water partition coefficient (Wildman–Crippen LogP) is 2.06. The number of benzene rings is 1. The smallest absolute Gasteiger partial charge is 0.252 e. The van der Waals surface area contributed by atoms with E-state index in [0.29, 0.717) is 5.56 Å². The SMILES string of the molecule is CN1CCc2cc(C(=O)Cl)ccc21. The first-order valence-electron chi connectivity index (χ1n) is 4.22. The van der Waals surface area contributed by atoms with Gasteiger partial charge in [-0.1, -0.05) is 0 Å². The fraction of sp³-hybridized carbons (Fsp3) is 0.300. The lowest BCUT2D eigenvalue weighted by Crippen LogP contribution is -2.12. The molecule has 0 spiro atoms. The van der Waals surface area contributed by atoms with E-state index in [1.807, 2.05) is 19.2 Å². The van der Waals surface area contributed by atoms with Gasteiger partial charge in [-0.15, -0.1) is 0 Å². The number of carbonyl (C=O) groups is 1. The maximum absolute atomic E-state index is 10.9. The van der Waals surface area contributed by atoms with Gasteiger partial charge in [0.2, 0.25) is 0 Å². The van der Waals surface area contributed by atoms with E-state index in [-0.39, 0.29) is 5.24 Å². The lowest BCUT2D eigenvalue weighted by molar-refractivity contribution is 0.108. The van der Waals surface area contributed by atoms with Gasteiger partial charge >= 0.3 is 0 Å². The fourth-order valence-electron chi connectivity index (χ4n) is 1.69. The summed E-state index contributed by atoms with van der Waals surface area (Å²) in [5.74, 6) is 0. The van der Waals surface area contributed by atoms with E-state index >= 15 is 0 Å². The number of nitrogens with zero attached hydrogens (tertiary/aromatic N) is 1. The van der Waals surface area contributed by atoms with Gasteiger partial charge in [0, 0.05) is 24.8 Å². The van der Waals surface area contributed by atoms with Crippen LogP contribution in [-0.2, 0) is 6.42 Å². The van der Waals surface area contributed by atoms with Gasteiger partial charge in [0.15, 0.2) is 0 Å². The second-order valence-corrected chi connectivity index (χ2v) is 3.63. The van der Waals surface area contributed by atoms with E-state index in [1.165, 1.54) is 11.3 Å². The monoisotopic (exact) mass is 195 g/mol. The molecule has 0 fully saturated rings. The van der Waals surface area contributed by atoms with Crippen molar-refractivity contribution < 1.29 is 4.79 Å². The molecule has 0 atom stereocenters. The second-order valence-electron chi connectivity index (χ2n) is 3.29. The number of hydrogen-bond donors (Lipinski definition) is 0. The molecule has 1 aromatic rings. The zero-order chi connectivity index (χ0) is 9.42. The van der Waals surface area contributed by atoms with Crippen molar-refractivity contribution in [3.8, 4) is 0 Å². The summed E-state index contributed by atoms with van der Waals surface area (Å²) in [6.07, 6.45) is 1.00. The standard InChI is InChI=1S/C10H10ClNO/c1-12-5-4-7-6-8(10(11)13)2-3-9(7)12/h2-3,6H,4-5H2,1H3. The van der Waals surface area contributed by atoms with Crippen molar-refractivity contribution in [3.63, 3.8) is 0 Å². The largest absolute Gasteiger partial charge is 0.374 e. The van der Waals surface area contributed by atoms with E-state index in [4.69, 9.17) is 11.6 Å². The second kappa shape index (κ2) is 3.04. The molecule has 1 aliphatic rings. The summed E-state index contributed by atoms with van der Waals surface area (Å²) in [5, 5.41) is -0.377. The summed E-state index contributed by atoms with van der Waals surface area (Å²) < 4.78 is 0. The summed E-state index contributed by atoms with van der Waals surface area (Å²) in [7, 11) is 2.05. The van der Waals surface area contributed by atoms with Crippen LogP contribution in [0.2, 0.25) is 0 Å². The van der Waals surface area contributed by atoms with Gasteiger partial charge in [0.25, 0.3) is 5.24 Å². The highest BCUT2D eigenvalue weighted by Crippen LogP contribution is 2.27. The number of halogens is 1. The molecule has 2 rings (SSSR count). The third kappa shape index (κ3) is 1.42. The molecule has 0 aromatic heterocycles. The minimum atomic E-state index is -0.377. The third-order valence-corrected chi connectivity index (χ3v) is 2.65. The van der Waals surface area contributed by atoms with E-state index in [2.05, 4.69) is 4.90 Å². The summed E-state index contributed by atoms with van der Waals surface area (Å²) in [6, 6.07) is 5.61. The zero-order valence-corrected chi connectivity index (χ0v) is 8.14. The zero-order valence-electron chi connectivity index (χ0n) is 7.38. The molecule has 0 aliphatic carbocycles. The Balaban J connectivity index is 2.45. The summed E-state index contributed by atoms with van der Waals surface area (Å²) in [5.41, 5.74) is 3.02. The molecule has 0 unspecified atom stereocenters. The highest BCUT2D eigenvalue weighted by molar-refractivity contribution is 6.67. The Morgan fingerprint density at radius 1 is 1.54 bits per heavy atom. The number of likely N-dealkylation sites (N-methyl/N-ethyl adjacent to an activating group) is 1. The molecule has 1 aromatic carbocycles. The van der Waals surface area contributed by atoms with Crippen molar-refractivity contribution in [2.24, 2.45) is 0 Å². The van der Waals surface area contributed by atoms with Crippen LogP contribution in [0.3, 0.4) is 0 Å². The van der Waals surface area contributed by atoms with E-state index in [1.54, 1.807) is 6.07 Å². The Labute approximate surface area is 82.1 Å². The lowest BCUT2D eigenvalue weighted by atomic mass is 10.1. The Morgan fingerprint density at radius 3 is 3.00 bits per heavy atom. The molecular weight excluding hydrogens is 186 g/mol. The van der Waals surface area contributed by atoms with Crippen LogP contribution < -0.4 is 4.90 Å². The quantitative estimate of drug-likeness (QED) is 0.640. The number of carbonyl (C=O) groups excluding carboxylic acids is 1. The van der Waals surface area contributed by atoms with Crippen LogP contribution in [0.5, 0.6) is 0 Å². The Bertz CT molecular complexity index is 362. The molecule has 0 saturated carbocycles. The molecule has 0 amide bonds. The minimum Gasteiger partial charge on any atom is -0.374 e. The number of hydrogen-bond acceptors (Lipinski definition) is 2. The molecule has 0 radical (unpaired) electrons. The fourth-order valence-corrected chi connectivity index (χ4v) is 1.81. The maximum atomic E-state index is 10.9. The van der Waals surface area contributed by atoms with Gasteiger partial charge in [-0.05, 0) is 41.8 Å². The molecule has 2 nitrogen and oxygen atoms in total. The lowest BCUT2D eigenvalue weighted by Gasteiger charge is -2.11. The highest BCUT2D eigenvalue weighted by atomic mass is 35.5. The van der Waals surface area contributed by atoms with E-state index in [9.17, 15) is 4.79 Å². The first-order chi connectivity index (χ1) is 6.18. The van der Waals surface area contributed by atoms with Crippen molar-refractivity contribution in [1.82, 2.24) is 0 Å². The van der Waals surface area contributed by atoms with Crippen molar-refractivity contribution in [3.05, 3.63) is 29.3 Å². The van der Waals surface area contributed by atoms with Crippen LogP contribution in [0.1, 0.15) is 15.9 Å². The molecule has 1 aliphatic heterocycles. The highest BCUT2D eigenvalue weighted by Gasteiger charge is 2.16. The molecule has 3 heteroatoms. The molecule has 68 valence electrons. The molecule has 0 bridgehead atoms. The summed E-state index contributed by atoms with van der Waals surface area (Å²) in [6.45, 7) is 1.02. The Kier molecular flexibility index (Phi) is 2.00. The molecule has 0 N–H and O–H groups in total. The van der Waals surface area contributed by atoms with Gasteiger partial charge in [0.05, 0.1) is 0 Å². The minimum absolute atomic E-state index is 0.377. The predicted molar refractivity (Wildman–Crippen MR) is 53.6 cm³/mol. The van der Waals surface area contributed by atoms with Crippen molar-refractivity contribution in [2.75, 3.05) is 18.5 Å². The Hall–Kier alpha value is -1.02. The van der Waals surface area contributed by atoms with Gasteiger partial charge < -0.3 is 4.90 Å². The number of rotatable bonds is 1. The van der Waals surface area contributed by atoms with Crippen LogP contribution in [0.25, 0.3) is 0 Å². The van der Waals surface area contributed by atoms with Crippen LogP contribution in [0.4, 0.5) is 5.69 Å². The first kappa shape index (κ1) is 8.57. The van der Waals surface area contributed by atoms with Crippen molar-refractivity contribution in [2.45, 2.75) is 6.42 Å².